The quantitative estimate of drug-likeness (QED) is 0.394. The smallest absolute Gasteiger partial charge is 0.133 e. The van der Waals surface area contributed by atoms with Crippen LogP contribution in [0.2, 0.25) is 10.0 Å². The fourth-order valence-corrected chi connectivity index (χ4v) is 4.74. The normalized spacial score (nSPS) is 22.3. The summed E-state index contributed by atoms with van der Waals surface area (Å²) in [6, 6.07) is 21.4. The van der Waals surface area contributed by atoms with Gasteiger partial charge < -0.3 is 15.2 Å². The maximum absolute atomic E-state index is 10.5. The fraction of sp³-hybridized carbons (Fsp3) is 0.321. The number of ether oxygens (including phenoxy) is 1. The average molecular weight is 497 g/mol. The lowest BCUT2D eigenvalue weighted by Gasteiger charge is -2.40. The predicted octanol–water partition coefficient (Wildman–Crippen LogP) is 6.80. The Kier molecular flexibility index (Phi) is 6.45. The van der Waals surface area contributed by atoms with Crippen LogP contribution >= 0.6 is 23.2 Å². The van der Waals surface area contributed by atoms with Crippen molar-refractivity contribution in [3.05, 3.63) is 99.0 Å². The van der Waals surface area contributed by atoms with Crippen molar-refractivity contribution in [3.8, 4) is 5.75 Å². The minimum Gasteiger partial charge on any atom is -0.493 e. The van der Waals surface area contributed by atoms with E-state index in [1.165, 1.54) is 0 Å². The van der Waals surface area contributed by atoms with Crippen molar-refractivity contribution in [2.45, 2.75) is 51.3 Å². The highest BCUT2D eigenvalue weighted by molar-refractivity contribution is 6.30. The summed E-state index contributed by atoms with van der Waals surface area (Å²) >= 11 is 12.4. The van der Waals surface area contributed by atoms with Gasteiger partial charge in [0.25, 0.3) is 0 Å². The number of aliphatic imine (C=N–C) groups is 1. The first-order valence-corrected chi connectivity index (χ1v) is 12.1. The van der Waals surface area contributed by atoms with Crippen molar-refractivity contribution in [2.75, 3.05) is 6.61 Å². The minimum absolute atomic E-state index is 0.499. The van der Waals surface area contributed by atoms with E-state index in [0.717, 1.165) is 28.1 Å². The van der Waals surface area contributed by atoms with Gasteiger partial charge in [0.1, 0.15) is 17.1 Å². The van der Waals surface area contributed by atoms with E-state index in [4.69, 9.17) is 32.9 Å². The number of nitrogens with zero attached hydrogens (tertiary/aromatic N) is 1. The van der Waals surface area contributed by atoms with E-state index in [0.29, 0.717) is 22.4 Å². The molecule has 0 spiro atoms. The van der Waals surface area contributed by atoms with Crippen LogP contribution in [0.1, 0.15) is 56.9 Å². The molecule has 0 aliphatic carbocycles. The molecule has 34 heavy (non-hydrogen) atoms. The Morgan fingerprint density at radius 2 is 1.47 bits per heavy atom. The molecule has 6 heteroatoms. The Morgan fingerprint density at radius 3 is 2.00 bits per heavy atom. The number of hydrogen-bond acceptors (Lipinski definition) is 4. The first-order chi connectivity index (χ1) is 16.0. The second-order valence-corrected chi connectivity index (χ2v) is 10.4. The lowest BCUT2D eigenvalue weighted by molar-refractivity contribution is 0.0782. The third kappa shape index (κ3) is 4.31. The van der Waals surface area contributed by atoms with Gasteiger partial charge in [-0.2, -0.15) is 0 Å². The van der Waals surface area contributed by atoms with Gasteiger partial charge in [-0.1, -0.05) is 53.5 Å². The predicted molar refractivity (Wildman–Crippen MR) is 140 cm³/mol. The Hall–Kier alpha value is -2.53. The maximum atomic E-state index is 10.5. The van der Waals surface area contributed by atoms with Crippen LogP contribution in [-0.2, 0) is 16.7 Å². The van der Waals surface area contributed by atoms with Gasteiger partial charge in [-0.3, -0.25) is 4.99 Å². The summed E-state index contributed by atoms with van der Waals surface area (Å²) in [6.45, 7) is 10.2. The third-order valence-corrected chi connectivity index (χ3v) is 7.25. The Bertz CT molecular complexity index is 1220. The van der Waals surface area contributed by atoms with Gasteiger partial charge >= 0.3 is 0 Å². The molecule has 0 saturated carbocycles. The van der Waals surface area contributed by atoms with Crippen molar-refractivity contribution < 1.29 is 9.84 Å². The Labute approximate surface area is 211 Å². The summed E-state index contributed by atoms with van der Waals surface area (Å²) in [7, 11) is 0. The Morgan fingerprint density at radius 1 is 0.912 bits per heavy atom. The molecule has 0 saturated heterocycles. The van der Waals surface area contributed by atoms with E-state index >= 15 is 0 Å². The van der Waals surface area contributed by atoms with Gasteiger partial charge in [0.2, 0.25) is 0 Å². The first-order valence-electron chi connectivity index (χ1n) is 11.4. The van der Waals surface area contributed by atoms with Crippen LogP contribution in [0.25, 0.3) is 0 Å². The van der Waals surface area contributed by atoms with Crippen molar-refractivity contribution in [2.24, 2.45) is 4.99 Å². The molecule has 1 aliphatic heterocycles. The monoisotopic (exact) mass is 496 g/mol. The molecule has 178 valence electrons. The summed E-state index contributed by atoms with van der Waals surface area (Å²) in [5, 5.41) is 15.6. The summed E-state index contributed by atoms with van der Waals surface area (Å²) in [4.78, 5) is 5.26. The lowest BCUT2D eigenvalue weighted by Crippen LogP contribution is -2.50. The van der Waals surface area contributed by atoms with E-state index in [1.807, 2.05) is 73.7 Å². The van der Waals surface area contributed by atoms with E-state index in [9.17, 15) is 5.11 Å². The van der Waals surface area contributed by atoms with Crippen molar-refractivity contribution in [3.63, 3.8) is 0 Å². The van der Waals surface area contributed by atoms with Crippen LogP contribution in [0.3, 0.4) is 0 Å². The highest BCUT2D eigenvalue weighted by atomic mass is 35.5. The fourth-order valence-electron chi connectivity index (χ4n) is 4.49. The number of nitrogens with one attached hydrogen (secondary N) is 1. The van der Waals surface area contributed by atoms with Crippen LogP contribution in [0, 0.1) is 0 Å². The van der Waals surface area contributed by atoms with Gasteiger partial charge in [-0.25, -0.2) is 0 Å². The molecule has 0 aromatic heterocycles. The summed E-state index contributed by atoms with van der Waals surface area (Å²) in [5.41, 5.74) is 1.48. The highest BCUT2D eigenvalue weighted by Gasteiger charge is 2.52. The zero-order valence-electron chi connectivity index (χ0n) is 20.1. The molecule has 2 N–H and O–H groups in total. The molecule has 1 heterocycles. The molecule has 2 atom stereocenters. The number of halogens is 2. The highest BCUT2D eigenvalue weighted by Crippen LogP contribution is 2.48. The number of aliphatic hydroxyl groups is 1. The Balaban J connectivity index is 1.90. The van der Waals surface area contributed by atoms with Crippen molar-refractivity contribution in [1.29, 1.82) is 0 Å². The molecule has 0 amide bonds. The van der Waals surface area contributed by atoms with Crippen LogP contribution in [0.5, 0.6) is 5.75 Å². The van der Waals surface area contributed by atoms with Crippen molar-refractivity contribution in [1.82, 2.24) is 5.32 Å². The molecule has 3 aromatic rings. The SMILES string of the molecule is CCOc1cc(C(C)(C)O)ccc1C1=NC(C)(c2ccc(Cl)cc2)C(C)(c2ccc(Cl)cc2)N1. The van der Waals surface area contributed by atoms with Gasteiger partial charge in [0.15, 0.2) is 0 Å². The second-order valence-electron chi connectivity index (χ2n) is 9.50. The van der Waals surface area contributed by atoms with Crippen LogP contribution < -0.4 is 10.1 Å². The molecular weight excluding hydrogens is 467 g/mol. The summed E-state index contributed by atoms with van der Waals surface area (Å²) in [5.74, 6) is 1.40. The van der Waals surface area contributed by atoms with Gasteiger partial charge in [0.05, 0.1) is 23.3 Å². The van der Waals surface area contributed by atoms with Crippen LogP contribution in [-0.4, -0.2) is 17.5 Å². The van der Waals surface area contributed by atoms with E-state index in [2.05, 4.69) is 19.2 Å². The van der Waals surface area contributed by atoms with Gasteiger partial charge in [0, 0.05) is 10.0 Å². The zero-order chi connectivity index (χ0) is 24.7. The lowest BCUT2D eigenvalue weighted by atomic mass is 9.72. The van der Waals surface area contributed by atoms with E-state index in [1.54, 1.807) is 13.8 Å². The summed E-state index contributed by atoms with van der Waals surface area (Å²) < 4.78 is 6.00. The van der Waals surface area contributed by atoms with Crippen LogP contribution in [0.4, 0.5) is 0 Å². The second kappa shape index (κ2) is 8.92. The maximum Gasteiger partial charge on any atom is 0.133 e. The van der Waals surface area contributed by atoms with E-state index < -0.39 is 16.7 Å². The minimum atomic E-state index is -0.981. The van der Waals surface area contributed by atoms with E-state index in [-0.39, 0.29) is 0 Å². The molecule has 4 rings (SSSR count). The molecule has 2 unspecified atom stereocenters. The zero-order valence-corrected chi connectivity index (χ0v) is 21.6. The van der Waals surface area contributed by atoms with Gasteiger partial charge in [-0.05, 0) is 87.7 Å². The first kappa shape index (κ1) is 24.6. The molecule has 0 bridgehead atoms. The number of hydrogen-bond donors (Lipinski definition) is 2. The number of rotatable bonds is 6. The van der Waals surface area contributed by atoms with Crippen molar-refractivity contribution >= 4 is 29.0 Å². The van der Waals surface area contributed by atoms with Crippen LogP contribution in [0.15, 0.2) is 71.7 Å². The van der Waals surface area contributed by atoms with Gasteiger partial charge in [-0.15, -0.1) is 0 Å². The standard InChI is InChI=1S/C28H30Cl2N2O2/c1-6-34-24-17-20(26(2,3)33)11-16-23(24)25-31-27(4,18-7-12-21(29)13-8-18)28(5,32-25)19-9-14-22(30)15-10-19/h7-17,33H,6H2,1-5H3,(H,31,32). The molecule has 3 aromatic carbocycles. The molecule has 0 radical (unpaired) electrons. The number of amidine groups is 1. The topological polar surface area (TPSA) is 53.9 Å². The molecule has 0 fully saturated rings. The molecule has 1 aliphatic rings. The average Bonchev–Trinajstić information content (AvgIpc) is 3.06. The molecule has 4 nitrogen and oxygen atoms in total. The third-order valence-electron chi connectivity index (χ3n) is 6.75. The number of benzene rings is 3. The summed E-state index contributed by atoms with van der Waals surface area (Å²) in [6.07, 6.45) is 0. The largest absolute Gasteiger partial charge is 0.493 e. The molecular formula is C28H30Cl2N2O2.